The number of nitrogens with zero attached hydrogens (tertiary/aromatic N) is 1. The van der Waals surface area contributed by atoms with Crippen LogP contribution in [0, 0.1) is 10.1 Å². The summed E-state index contributed by atoms with van der Waals surface area (Å²) in [5, 5.41) is 65.3. The van der Waals surface area contributed by atoms with E-state index in [1.54, 1.807) is 0 Å². The zero-order chi connectivity index (χ0) is 23.6. The molecule has 0 aliphatic carbocycles. The summed E-state index contributed by atoms with van der Waals surface area (Å²) in [7, 11) is 0. The molecule has 0 aromatic heterocycles. The van der Waals surface area contributed by atoms with Gasteiger partial charge in [-0.05, 0) is 12.8 Å². The lowest BCUT2D eigenvalue weighted by atomic mass is 10.1. The maximum atomic E-state index is 10.4. The molecule has 1 atom stereocenters. The molecule has 0 saturated heterocycles. The van der Waals surface area contributed by atoms with Crippen LogP contribution in [0.25, 0.3) is 0 Å². The Hall–Kier alpha value is -1.90. The predicted octanol–water partition coefficient (Wildman–Crippen LogP) is -1.74. The number of unbranched alkanes of at least 4 members (excludes halogenated alkanes) is 3. The average Bonchev–Trinajstić information content (AvgIpc) is 2.68. The molecule has 0 fully saturated rings. The van der Waals surface area contributed by atoms with Gasteiger partial charge in [0, 0.05) is 43.9 Å². The first kappa shape index (κ1) is 32.8. The summed E-state index contributed by atoms with van der Waals surface area (Å²) in [4.78, 5) is 30.1. The molecule has 0 aromatic carbocycles. The lowest BCUT2D eigenvalue weighted by molar-refractivity contribution is -0.511. The maximum absolute atomic E-state index is 10.4. The van der Waals surface area contributed by atoms with Gasteiger partial charge in [-0.3, -0.25) is 14.9 Å². The van der Waals surface area contributed by atoms with Crippen molar-refractivity contribution in [3.05, 3.63) is 10.1 Å². The highest BCUT2D eigenvalue weighted by Gasteiger charge is 2.27. The van der Waals surface area contributed by atoms with E-state index in [9.17, 15) is 19.7 Å². The fraction of sp³-hybridized carbons (Fsp3) is 0.882. The minimum Gasteiger partial charge on any atom is -0.481 e. The normalized spacial score (nSPS) is 10.8. The van der Waals surface area contributed by atoms with Gasteiger partial charge < -0.3 is 41.3 Å². The van der Waals surface area contributed by atoms with E-state index in [0.29, 0.717) is 51.9 Å². The van der Waals surface area contributed by atoms with Crippen molar-refractivity contribution in [1.29, 1.82) is 0 Å². The highest BCUT2D eigenvalue weighted by Crippen LogP contribution is 2.09. The third kappa shape index (κ3) is 30.8. The lowest BCUT2D eigenvalue weighted by Crippen LogP contribution is -2.28. The Morgan fingerprint density at radius 1 is 0.767 bits per heavy atom. The van der Waals surface area contributed by atoms with Gasteiger partial charge in [-0.1, -0.05) is 12.8 Å². The number of rotatable bonds is 17. The first-order valence-corrected chi connectivity index (χ1v) is 9.71. The Kier molecular flexibility index (Phi) is 29.6. The molecular weight excluding hydrogens is 406 g/mol. The van der Waals surface area contributed by atoms with Crippen LogP contribution in [0.3, 0.4) is 0 Å². The second-order valence-corrected chi connectivity index (χ2v) is 5.88. The molecule has 0 rings (SSSR count). The van der Waals surface area contributed by atoms with E-state index in [0.717, 1.165) is 0 Å². The van der Waals surface area contributed by atoms with Gasteiger partial charge in [-0.25, -0.2) is 4.79 Å². The van der Waals surface area contributed by atoms with Crippen LogP contribution in [0.2, 0.25) is 0 Å². The van der Waals surface area contributed by atoms with Crippen LogP contribution >= 0.6 is 0 Å². The minimum atomic E-state index is -1.54. The van der Waals surface area contributed by atoms with Crippen LogP contribution in [0.5, 0.6) is 0 Å². The monoisotopic (exact) mass is 443 g/mol. The Morgan fingerprint density at radius 2 is 1.17 bits per heavy atom. The van der Waals surface area contributed by atoms with Crippen molar-refractivity contribution < 1.29 is 45.2 Å². The summed E-state index contributed by atoms with van der Waals surface area (Å²) < 4.78 is 0. The Balaban J connectivity index is -0.000000430. The Bertz CT molecular complexity index is 381. The van der Waals surface area contributed by atoms with E-state index in [-0.39, 0.29) is 39.3 Å². The van der Waals surface area contributed by atoms with Gasteiger partial charge in [-0.15, -0.1) is 0 Å². The zero-order valence-electron chi connectivity index (χ0n) is 17.2. The number of carboxylic acid groups (broad SMARTS) is 2. The molecule has 0 spiro atoms. The predicted molar refractivity (Wildman–Crippen MR) is 108 cm³/mol. The van der Waals surface area contributed by atoms with E-state index in [2.05, 4.69) is 10.6 Å². The number of carbonyl (C=O) groups is 2. The Labute approximate surface area is 175 Å². The summed E-state index contributed by atoms with van der Waals surface area (Å²) in [6.45, 7) is 2.84. The summed E-state index contributed by atoms with van der Waals surface area (Å²) in [5.74, 6) is -2.29. The van der Waals surface area contributed by atoms with Crippen molar-refractivity contribution in [2.24, 2.45) is 0 Å². The van der Waals surface area contributed by atoms with Crippen LogP contribution in [0.4, 0.5) is 0 Å². The largest absolute Gasteiger partial charge is 0.481 e. The smallest absolute Gasteiger partial charge is 0.379 e. The standard InChI is InChI=1S/C9H15NO6.2C4H11NO2/c11-8(12)6-4-2-1-3-5-7(9(13)14)10(15)16;2*6-3-1-5-2-4-7/h7H,1-6H2,(H,11,12)(H,13,14);2*5-7H,1-4H2. The first-order chi connectivity index (χ1) is 14.3. The van der Waals surface area contributed by atoms with E-state index < -0.39 is 22.9 Å². The number of hydrogen-bond acceptors (Lipinski definition) is 10. The SMILES string of the molecule is O=C(O)CCCCCCC(C(=O)O)[N+](=O)[O-].OCCNCCO.OCCNCCO. The van der Waals surface area contributed by atoms with E-state index >= 15 is 0 Å². The molecular formula is C17H37N3O10. The number of aliphatic hydroxyl groups is 4. The molecule has 0 amide bonds. The van der Waals surface area contributed by atoms with Gasteiger partial charge in [0.15, 0.2) is 0 Å². The number of aliphatic hydroxyl groups excluding tert-OH is 4. The molecule has 1 unspecified atom stereocenters. The highest BCUT2D eigenvalue weighted by molar-refractivity contribution is 5.71. The molecule has 13 nitrogen and oxygen atoms in total. The Morgan fingerprint density at radius 3 is 1.47 bits per heavy atom. The molecule has 0 aromatic rings. The van der Waals surface area contributed by atoms with Crippen LogP contribution in [-0.2, 0) is 9.59 Å². The molecule has 0 aliphatic heterocycles. The van der Waals surface area contributed by atoms with Gasteiger partial charge in [0.1, 0.15) is 0 Å². The number of nitrogens with one attached hydrogen (secondary N) is 2. The van der Waals surface area contributed by atoms with Crippen LogP contribution in [-0.4, -0.2) is 106 Å². The first-order valence-electron chi connectivity index (χ1n) is 9.71. The number of aliphatic carboxylic acids is 2. The minimum absolute atomic E-state index is 0.00456. The second kappa shape index (κ2) is 27.1. The third-order valence-corrected chi connectivity index (χ3v) is 3.31. The molecule has 180 valence electrons. The summed E-state index contributed by atoms with van der Waals surface area (Å²) >= 11 is 0. The summed E-state index contributed by atoms with van der Waals surface area (Å²) in [6.07, 6.45) is 2.29. The number of carboxylic acids is 2. The molecule has 8 N–H and O–H groups in total. The summed E-state index contributed by atoms with van der Waals surface area (Å²) in [5.41, 5.74) is 0. The highest BCUT2D eigenvalue weighted by atomic mass is 16.6. The number of hydrogen-bond donors (Lipinski definition) is 8. The van der Waals surface area contributed by atoms with E-state index in [1.165, 1.54) is 0 Å². The van der Waals surface area contributed by atoms with E-state index in [4.69, 9.17) is 30.6 Å². The molecule has 0 heterocycles. The molecule has 0 saturated carbocycles. The summed E-state index contributed by atoms with van der Waals surface area (Å²) in [6, 6.07) is -1.54. The van der Waals surface area contributed by atoms with Crippen LogP contribution < -0.4 is 10.6 Å². The van der Waals surface area contributed by atoms with Gasteiger partial charge in [0.2, 0.25) is 0 Å². The molecule has 0 aliphatic rings. The zero-order valence-corrected chi connectivity index (χ0v) is 17.2. The topological polar surface area (TPSA) is 223 Å². The van der Waals surface area contributed by atoms with Crippen molar-refractivity contribution in [3.63, 3.8) is 0 Å². The van der Waals surface area contributed by atoms with Gasteiger partial charge in [0.05, 0.1) is 26.4 Å². The number of nitro groups is 1. The van der Waals surface area contributed by atoms with Crippen molar-refractivity contribution in [2.45, 2.75) is 44.6 Å². The third-order valence-electron chi connectivity index (χ3n) is 3.31. The molecule has 0 radical (unpaired) electrons. The van der Waals surface area contributed by atoms with Crippen molar-refractivity contribution in [3.8, 4) is 0 Å². The fourth-order valence-electron chi connectivity index (χ4n) is 1.85. The second-order valence-electron chi connectivity index (χ2n) is 5.88. The van der Waals surface area contributed by atoms with Gasteiger partial charge in [0.25, 0.3) is 0 Å². The average molecular weight is 443 g/mol. The molecule has 13 heteroatoms. The van der Waals surface area contributed by atoms with Crippen LogP contribution in [0.1, 0.15) is 38.5 Å². The molecule has 30 heavy (non-hydrogen) atoms. The van der Waals surface area contributed by atoms with Crippen LogP contribution in [0.15, 0.2) is 0 Å². The quantitative estimate of drug-likeness (QED) is 0.0713. The van der Waals surface area contributed by atoms with Crippen molar-refractivity contribution >= 4 is 11.9 Å². The fourth-order valence-corrected chi connectivity index (χ4v) is 1.85. The van der Waals surface area contributed by atoms with E-state index in [1.807, 2.05) is 0 Å². The van der Waals surface area contributed by atoms with Crippen molar-refractivity contribution in [1.82, 2.24) is 10.6 Å². The van der Waals surface area contributed by atoms with Gasteiger partial charge in [-0.2, -0.15) is 0 Å². The van der Waals surface area contributed by atoms with Crippen molar-refractivity contribution in [2.75, 3.05) is 52.6 Å². The lowest BCUT2D eigenvalue weighted by Gasteiger charge is -2.03. The maximum Gasteiger partial charge on any atom is 0.379 e. The molecule has 0 bridgehead atoms. The van der Waals surface area contributed by atoms with Gasteiger partial charge >= 0.3 is 18.0 Å².